The average Bonchev–Trinajstić information content (AvgIpc) is 2.78. The van der Waals surface area contributed by atoms with Gasteiger partial charge in [0.1, 0.15) is 0 Å². The van der Waals surface area contributed by atoms with Crippen LogP contribution in [-0.2, 0) is 14.8 Å². The Kier molecular flexibility index (Phi) is 9.03. The lowest BCUT2D eigenvalue weighted by Gasteiger charge is -2.18. The maximum absolute atomic E-state index is 12.9. The van der Waals surface area contributed by atoms with Crippen molar-refractivity contribution in [3.05, 3.63) is 48.0 Å². The van der Waals surface area contributed by atoms with Crippen molar-refractivity contribution in [2.75, 3.05) is 39.7 Å². The molecule has 2 N–H and O–H groups in total. The highest BCUT2D eigenvalue weighted by molar-refractivity contribution is 7.89. The van der Waals surface area contributed by atoms with Crippen LogP contribution in [0.1, 0.15) is 30.1 Å². The third-order valence-corrected chi connectivity index (χ3v) is 6.49. The van der Waals surface area contributed by atoms with E-state index in [4.69, 9.17) is 9.47 Å². The number of sulfonamides is 1. The SMILES string of the molecule is CCCCNC(=O)c1ccccc1NC(=O)CN(C)S(=O)(=O)c1ccc(OC)c(OC)c1. The Balaban J connectivity index is 2.12. The summed E-state index contributed by atoms with van der Waals surface area (Å²) in [6, 6.07) is 10.8. The molecule has 0 aliphatic heterocycles. The Bertz CT molecular complexity index is 1060. The lowest BCUT2D eigenvalue weighted by Crippen LogP contribution is -2.35. The van der Waals surface area contributed by atoms with E-state index < -0.39 is 22.5 Å². The molecule has 0 heterocycles. The molecule has 0 spiro atoms. The highest BCUT2D eigenvalue weighted by Crippen LogP contribution is 2.30. The molecule has 2 aromatic rings. The molecule has 2 amide bonds. The first-order valence-corrected chi connectivity index (χ1v) is 11.5. The molecule has 32 heavy (non-hydrogen) atoms. The Hall–Kier alpha value is -3.11. The van der Waals surface area contributed by atoms with Gasteiger partial charge in [0.15, 0.2) is 11.5 Å². The molecular formula is C22H29N3O6S. The van der Waals surface area contributed by atoms with Gasteiger partial charge in [-0.1, -0.05) is 25.5 Å². The van der Waals surface area contributed by atoms with E-state index in [2.05, 4.69) is 10.6 Å². The van der Waals surface area contributed by atoms with Crippen molar-refractivity contribution >= 4 is 27.5 Å². The van der Waals surface area contributed by atoms with Gasteiger partial charge in [-0.05, 0) is 30.7 Å². The van der Waals surface area contributed by atoms with Gasteiger partial charge < -0.3 is 20.1 Å². The molecule has 9 nitrogen and oxygen atoms in total. The monoisotopic (exact) mass is 463 g/mol. The maximum atomic E-state index is 12.9. The summed E-state index contributed by atoms with van der Waals surface area (Å²) >= 11 is 0. The molecule has 0 aliphatic carbocycles. The fourth-order valence-electron chi connectivity index (χ4n) is 2.90. The number of carbonyl (C=O) groups is 2. The lowest BCUT2D eigenvalue weighted by molar-refractivity contribution is -0.116. The van der Waals surface area contributed by atoms with Gasteiger partial charge in [-0.15, -0.1) is 0 Å². The third-order valence-electron chi connectivity index (χ3n) is 4.69. The molecule has 0 fully saturated rings. The number of nitrogens with one attached hydrogen (secondary N) is 2. The van der Waals surface area contributed by atoms with Crippen LogP contribution >= 0.6 is 0 Å². The molecule has 174 valence electrons. The minimum Gasteiger partial charge on any atom is -0.493 e. The van der Waals surface area contributed by atoms with Crippen LogP contribution in [0.2, 0.25) is 0 Å². The van der Waals surface area contributed by atoms with E-state index in [1.807, 2.05) is 6.92 Å². The number of likely N-dealkylation sites (N-methyl/N-ethyl adjacent to an activating group) is 1. The van der Waals surface area contributed by atoms with Crippen LogP contribution in [-0.4, -0.2) is 58.9 Å². The minimum atomic E-state index is -3.97. The zero-order valence-electron chi connectivity index (χ0n) is 18.7. The first-order valence-electron chi connectivity index (χ1n) is 10.1. The fourth-order valence-corrected chi connectivity index (χ4v) is 4.04. The number of hydrogen-bond donors (Lipinski definition) is 2. The number of anilines is 1. The number of amides is 2. The van der Waals surface area contributed by atoms with E-state index in [9.17, 15) is 18.0 Å². The van der Waals surface area contributed by atoms with Gasteiger partial charge in [0.2, 0.25) is 15.9 Å². The van der Waals surface area contributed by atoms with E-state index in [0.717, 1.165) is 17.1 Å². The topological polar surface area (TPSA) is 114 Å². The van der Waals surface area contributed by atoms with Gasteiger partial charge in [-0.2, -0.15) is 4.31 Å². The molecule has 0 saturated carbocycles. The lowest BCUT2D eigenvalue weighted by atomic mass is 10.1. The van der Waals surface area contributed by atoms with E-state index >= 15 is 0 Å². The van der Waals surface area contributed by atoms with Gasteiger partial charge >= 0.3 is 0 Å². The number of benzene rings is 2. The summed E-state index contributed by atoms with van der Waals surface area (Å²) in [6.07, 6.45) is 1.79. The average molecular weight is 464 g/mol. The standard InChI is InChI=1S/C22H29N3O6S/c1-5-6-13-23-22(27)17-9-7-8-10-18(17)24-21(26)15-25(2)32(28,29)16-11-12-19(30-3)20(14-16)31-4/h7-12,14H,5-6,13,15H2,1-4H3,(H,23,27)(H,24,26). The van der Waals surface area contributed by atoms with Crippen molar-refractivity contribution in [2.45, 2.75) is 24.7 Å². The molecule has 2 rings (SSSR count). The fraction of sp³-hybridized carbons (Fsp3) is 0.364. The van der Waals surface area contributed by atoms with E-state index in [0.29, 0.717) is 23.5 Å². The number of rotatable bonds is 11. The molecule has 0 radical (unpaired) electrons. The molecule has 0 bridgehead atoms. The van der Waals surface area contributed by atoms with Gasteiger partial charge in [-0.3, -0.25) is 9.59 Å². The minimum absolute atomic E-state index is 0.0406. The van der Waals surface area contributed by atoms with Gasteiger partial charge in [0.05, 0.1) is 36.9 Å². The predicted molar refractivity (Wildman–Crippen MR) is 122 cm³/mol. The zero-order chi connectivity index (χ0) is 23.7. The zero-order valence-corrected chi connectivity index (χ0v) is 19.5. The Labute approximate surface area is 188 Å². The molecule has 0 saturated heterocycles. The summed E-state index contributed by atoms with van der Waals surface area (Å²) in [6.45, 7) is 2.11. The highest BCUT2D eigenvalue weighted by Gasteiger charge is 2.25. The molecule has 10 heteroatoms. The molecule has 0 unspecified atom stereocenters. The van der Waals surface area contributed by atoms with Crippen LogP contribution in [0.25, 0.3) is 0 Å². The van der Waals surface area contributed by atoms with Gasteiger partial charge in [0.25, 0.3) is 5.91 Å². The van der Waals surface area contributed by atoms with Crippen molar-refractivity contribution in [3.8, 4) is 11.5 Å². The first-order chi connectivity index (χ1) is 15.2. The smallest absolute Gasteiger partial charge is 0.253 e. The summed E-state index contributed by atoms with van der Waals surface area (Å²) in [5, 5.41) is 5.43. The Morgan fingerprint density at radius 1 is 1.03 bits per heavy atom. The number of nitrogens with zero attached hydrogens (tertiary/aromatic N) is 1. The second kappa shape index (κ2) is 11.5. The van der Waals surface area contributed by atoms with Crippen LogP contribution in [0.5, 0.6) is 11.5 Å². The molecule has 2 aromatic carbocycles. The number of para-hydroxylation sites is 1. The molecular weight excluding hydrogens is 434 g/mol. The van der Waals surface area contributed by atoms with Gasteiger partial charge in [0, 0.05) is 19.7 Å². The maximum Gasteiger partial charge on any atom is 0.253 e. The summed E-state index contributed by atoms with van der Waals surface area (Å²) in [7, 11) is 0.186. The van der Waals surface area contributed by atoms with Crippen LogP contribution < -0.4 is 20.1 Å². The van der Waals surface area contributed by atoms with Crippen molar-refractivity contribution < 1.29 is 27.5 Å². The summed E-state index contributed by atoms with van der Waals surface area (Å²) in [5.41, 5.74) is 0.616. The highest BCUT2D eigenvalue weighted by atomic mass is 32.2. The summed E-state index contributed by atoms with van der Waals surface area (Å²) in [5.74, 6) is -0.235. The predicted octanol–water partition coefficient (Wildman–Crippen LogP) is 2.49. The van der Waals surface area contributed by atoms with Crippen molar-refractivity contribution in [3.63, 3.8) is 0 Å². The third kappa shape index (κ3) is 6.21. The van der Waals surface area contributed by atoms with Crippen LogP contribution in [0.4, 0.5) is 5.69 Å². The van der Waals surface area contributed by atoms with Crippen molar-refractivity contribution in [2.24, 2.45) is 0 Å². The van der Waals surface area contributed by atoms with Crippen LogP contribution in [0.3, 0.4) is 0 Å². The number of carbonyl (C=O) groups excluding carboxylic acids is 2. The summed E-state index contributed by atoms with van der Waals surface area (Å²) in [4.78, 5) is 24.9. The molecule has 0 aliphatic rings. The normalized spacial score (nSPS) is 11.2. The summed E-state index contributed by atoms with van der Waals surface area (Å²) < 4.78 is 37.0. The van der Waals surface area contributed by atoms with E-state index in [1.54, 1.807) is 24.3 Å². The van der Waals surface area contributed by atoms with Crippen LogP contribution in [0, 0.1) is 0 Å². The van der Waals surface area contributed by atoms with E-state index in [-0.39, 0.29) is 16.6 Å². The molecule has 0 atom stereocenters. The second-order valence-corrected chi connectivity index (χ2v) is 9.03. The first kappa shape index (κ1) is 25.2. The van der Waals surface area contributed by atoms with Gasteiger partial charge in [-0.25, -0.2) is 8.42 Å². The number of ether oxygens (including phenoxy) is 2. The van der Waals surface area contributed by atoms with Crippen molar-refractivity contribution in [1.82, 2.24) is 9.62 Å². The second-order valence-electron chi connectivity index (χ2n) is 6.98. The number of hydrogen-bond acceptors (Lipinski definition) is 6. The number of unbranched alkanes of at least 4 members (excludes halogenated alkanes) is 1. The number of methoxy groups -OCH3 is 2. The van der Waals surface area contributed by atoms with Crippen molar-refractivity contribution in [1.29, 1.82) is 0 Å². The van der Waals surface area contributed by atoms with E-state index in [1.165, 1.54) is 39.5 Å². The quantitative estimate of drug-likeness (QED) is 0.495. The largest absolute Gasteiger partial charge is 0.493 e. The van der Waals surface area contributed by atoms with Crippen LogP contribution in [0.15, 0.2) is 47.4 Å². The Morgan fingerprint density at radius 2 is 1.72 bits per heavy atom. The molecule has 0 aromatic heterocycles. The Morgan fingerprint density at radius 3 is 2.38 bits per heavy atom.